The van der Waals surface area contributed by atoms with E-state index in [1.165, 1.54) is 6.08 Å². The van der Waals surface area contributed by atoms with Gasteiger partial charge in [0.1, 0.15) is 0 Å². The Morgan fingerprint density at radius 3 is 2.50 bits per heavy atom. The second-order valence-electron chi connectivity index (χ2n) is 3.12. The van der Waals surface area contributed by atoms with Gasteiger partial charge in [0.15, 0.2) is 0 Å². The van der Waals surface area contributed by atoms with Crippen molar-refractivity contribution in [3.8, 4) is 0 Å². The van der Waals surface area contributed by atoms with Crippen molar-refractivity contribution in [2.45, 2.75) is 32.7 Å². The highest BCUT2D eigenvalue weighted by Crippen LogP contribution is 2.06. The van der Waals surface area contributed by atoms with Crippen LogP contribution in [0.3, 0.4) is 0 Å². The molecule has 0 heterocycles. The molecular formula is C10H17NO3. The molecule has 0 radical (unpaired) electrons. The van der Waals surface area contributed by atoms with Crippen LogP contribution in [-0.2, 0) is 9.59 Å². The Kier molecular flexibility index (Phi) is 5.60. The number of aliphatic carboxylic acids is 1. The van der Waals surface area contributed by atoms with E-state index in [1.807, 2.05) is 6.92 Å². The van der Waals surface area contributed by atoms with Gasteiger partial charge in [0.05, 0.1) is 6.42 Å². The van der Waals surface area contributed by atoms with E-state index in [0.717, 1.165) is 0 Å². The average molecular weight is 199 g/mol. The monoisotopic (exact) mass is 199 g/mol. The van der Waals surface area contributed by atoms with E-state index in [9.17, 15) is 9.59 Å². The van der Waals surface area contributed by atoms with E-state index >= 15 is 0 Å². The van der Waals surface area contributed by atoms with Crippen LogP contribution in [0.1, 0.15) is 26.7 Å². The summed E-state index contributed by atoms with van der Waals surface area (Å²) in [7, 11) is 0. The molecule has 1 N–H and O–H groups in total. The summed E-state index contributed by atoms with van der Waals surface area (Å²) in [6.07, 6.45) is 1.77. The van der Waals surface area contributed by atoms with Crippen LogP contribution in [0, 0.1) is 0 Å². The second kappa shape index (κ2) is 6.18. The molecule has 0 aromatic heterocycles. The molecule has 0 bridgehead atoms. The molecule has 4 nitrogen and oxygen atoms in total. The number of hydrogen-bond donors (Lipinski definition) is 1. The maximum absolute atomic E-state index is 11.5. The number of amides is 1. The van der Waals surface area contributed by atoms with Crippen LogP contribution in [0.15, 0.2) is 12.7 Å². The largest absolute Gasteiger partial charge is 0.481 e. The Morgan fingerprint density at radius 1 is 1.57 bits per heavy atom. The van der Waals surface area contributed by atoms with Gasteiger partial charge in [-0.25, -0.2) is 0 Å². The van der Waals surface area contributed by atoms with Crippen LogP contribution in [0.5, 0.6) is 0 Å². The molecule has 0 saturated heterocycles. The lowest BCUT2D eigenvalue weighted by atomic mass is 10.2. The number of carbonyl (C=O) groups excluding carboxylic acids is 1. The van der Waals surface area contributed by atoms with Crippen molar-refractivity contribution in [3.05, 3.63) is 12.7 Å². The minimum absolute atomic E-state index is 0.0171. The van der Waals surface area contributed by atoms with Crippen LogP contribution in [-0.4, -0.2) is 34.5 Å². The van der Waals surface area contributed by atoms with Crippen LogP contribution < -0.4 is 0 Å². The van der Waals surface area contributed by atoms with E-state index in [-0.39, 0.29) is 24.8 Å². The summed E-state index contributed by atoms with van der Waals surface area (Å²) < 4.78 is 0. The summed E-state index contributed by atoms with van der Waals surface area (Å²) in [5, 5.41) is 8.58. The van der Waals surface area contributed by atoms with E-state index in [0.29, 0.717) is 6.54 Å². The first-order valence-corrected chi connectivity index (χ1v) is 4.65. The highest BCUT2D eigenvalue weighted by atomic mass is 16.4. The lowest BCUT2D eigenvalue weighted by Gasteiger charge is -2.26. The van der Waals surface area contributed by atoms with Crippen LogP contribution in [0.2, 0.25) is 0 Å². The predicted octanol–water partition coefficient (Wildman–Crippen LogP) is 1.27. The van der Waals surface area contributed by atoms with E-state index in [4.69, 9.17) is 5.11 Å². The lowest BCUT2D eigenvalue weighted by Crippen LogP contribution is -2.39. The summed E-state index contributed by atoms with van der Waals surface area (Å²) in [6.45, 7) is 7.57. The van der Waals surface area contributed by atoms with Gasteiger partial charge in [-0.1, -0.05) is 6.08 Å². The molecule has 0 aliphatic carbocycles. The first kappa shape index (κ1) is 12.7. The maximum Gasteiger partial charge on any atom is 0.305 e. The van der Waals surface area contributed by atoms with Gasteiger partial charge in [-0.05, 0) is 13.8 Å². The molecular weight excluding hydrogens is 182 g/mol. The number of carboxylic acid groups (broad SMARTS) is 1. The summed E-state index contributed by atoms with van der Waals surface area (Å²) >= 11 is 0. The Labute approximate surface area is 84.2 Å². The number of hydrogen-bond acceptors (Lipinski definition) is 2. The zero-order valence-corrected chi connectivity index (χ0v) is 8.69. The van der Waals surface area contributed by atoms with E-state index < -0.39 is 5.97 Å². The van der Waals surface area contributed by atoms with Gasteiger partial charge in [0.25, 0.3) is 0 Å². The highest BCUT2D eigenvalue weighted by Gasteiger charge is 2.19. The van der Waals surface area contributed by atoms with Crippen molar-refractivity contribution in [1.29, 1.82) is 0 Å². The Morgan fingerprint density at radius 2 is 2.14 bits per heavy atom. The minimum atomic E-state index is -0.887. The molecule has 1 atom stereocenters. The fourth-order valence-corrected chi connectivity index (χ4v) is 1.34. The van der Waals surface area contributed by atoms with Gasteiger partial charge in [0, 0.05) is 19.0 Å². The number of nitrogens with zero attached hydrogens (tertiary/aromatic N) is 1. The first-order valence-electron chi connectivity index (χ1n) is 4.65. The van der Waals surface area contributed by atoms with Crippen molar-refractivity contribution in [2.24, 2.45) is 0 Å². The quantitative estimate of drug-likeness (QED) is 0.655. The molecule has 0 rings (SSSR count). The summed E-state index contributed by atoms with van der Waals surface area (Å²) in [4.78, 5) is 23.5. The summed E-state index contributed by atoms with van der Waals surface area (Å²) in [6, 6.07) is -0.259. The van der Waals surface area contributed by atoms with Crippen molar-refractivity contribution in [1.82, 2.24) is 4.90 Å². The lowest BCUT2D eigenvalue weighted by molar-refractivity contribution is -0.140. The first-order chi connectivity index (χ1) is 6.52. The topological polar surface area (TPSA) is 57.6 Å². The fraction of sp³-hybridized carbons (Fsp3) is 0.600. The van der Waals surface area contributed by atoms with Crippen LogP contribution in [0.4, 0.5) is 0 Å². The standard InChI is InChI=1S/C10H17NO3/c1-4-6-9(12)11(5-2)8(3)7-10(13)14/h4,8H,1,5-7H2,2-3H3,(H,13,14). The molecule has 0 aromatic carbocycles. The SMILES string of the molecule is C=CCC(=O)N(CC)C(C)CC(=O)O. The zero-order chi connectivity index (χ0) is 11.1. The molecule has 0 aromatic rings. The smallest absolute Gasteiger partial charge is 0.305 e. The molecule has 0 aliphatic rings. The summed E-state index contributed by atoms with van der Waals surface area (Å²) in [5.74, 6) is -0.960. The second-order valence-corrected chi connectivity index (χ2v) is 3.12. The van der Waals surface area contributed by atoms with Gasteiger partial charge in [-0.3, -0.25) is 9.59 Å². The van der Waals surface area contributed by atoms with E-state index in [2.05, 4.69) is 6.58 Å². The maximum atomic E-state index is 11.5. The normalized spacial score (nSPS) is 11.9. The third kappa shape index (κ3) is 4.07. The van der Waals surface area contributed by atoms with Crippen molar-refractivity contribution < 1.29 is 14.7 Å². The fourth-order valence-electron chi connectivity index (χ4n) is 1.34. The number of rotatable bonds is 6. The molecule has 1 amide bonds. The van der Waals surface area contributed by atoms with Gasteiger partial charge in [0.2, 0.25) is 5.91 Å². The number of carbonyl (C=O) groups is 2. The third-order valence-electron chi connectivity index (χ3n) is 1.98. The molecule has 0 aliphatic heterocycles. The minimum Gasteiger partial charge on any atom is -0.481 e. The summed E-state index contributed by atoms with van der Waals surface area (Å²) in [5.41, 5.74) is 0. The van der Waals surface area contributed by atoms with Gasteiger partial charge < -0.3 is 10.0 Å². The Hall–Kier alpha value is -1.32. The predicted molar refractivity (Wildman–Crippen MR) is 53.9 cm³/mol. The number of carboxylic acids is 1. The van der Waals surface area contributed by atoms with Crippen molar-refractivity contribution in [2.75, 3.05) is 6.54 Å². The van der Waals surface area contributed by atoms with E-state index in [1.54, 1.807) is 11.8 Å². The van der Waals surface area contributed by atoms with Crippen molar-refractivity contribution in [3.63, 3.8) is 0 Å². The molecule has 80 valence electrons. The van der Waals surface area contributed by atoms with Gasteiger partial charge in [-0.2, -0.15) is 0 Å². The van der Waals surface area contributed by atoms with Gasteiger partial charge >= 0.3 is 5.97 Å². The van der Waals surface area contributed by atoms with Crippen LogP contribution >= 0.6 is 0 Å². The zero-order valence-electron chi connectivity index (χ0n) is 8.69. The molecule has 0 fully saturated rings. The third-order valence-corrected chi connectivity index (χ3v) is 1.98. The van der Waals surface area contributed by atoms with Gasteiger partial charge in [-0.15, -0.1) is 6.58 Å². The molecule has 14 heavy (non-hydrogen) atoms. The molecule has 4 heteroatoms. The van der Waals surface area contributed by atoms with Crippen molar-refractivity contribution >= 4 is 11.9 Å². The van der Waals surface area contributed by atoms with Crippen LogP contribution in [0.25, 0.3) is 0 Å². The highest BCUT2D eigenvalue weighted by molar-refractivity contribution is 5.78. The molecule has 0 saturated carbocycles. The Bertz CT molecular complexity index is 225. The average Bonchev–Trinajstić information content (AvgIpc) is 2.04. The Balaban J connectivity index is 4.30. The molecule has 1 unspecified atom stereocenters. The molecule has 0 spiro atoms.